The van der Waals surface area contributed by atoms with Crippen molar-refractivity contribution < 1.29 is 23.1 Å². The lowest BCUT2D eigenvalue weighted by Gasteiger charge is -2.29. The Hall–Kier alpha value is -1.46. The highest BCUT2D eigenvalue weighted by Crippen LogP contribution is 2.38. The molecule has 2 rings (SSSR count). The molecule has 0 amide bonds. The summed E-state index contributed by atoms with van der Waals surface area (Å²) in [5, 5.41) is 8.93. The number of halogens is 3. The van der Waals surface area contributed by atoms with Gasteiger partial charge in [0.15, 0.2) is 0 Å². The minimum Gasteiger partial charge on any atom is -0.478 e. The summed E-state index contributed by atoms with van der Waals surface area (Å²) in [5.74, 6) is -1.02. The molecule has 1 aliphatic rings. The SMILES string of the molecule is CCC1CCCC(n2cc(C(=O)O)c(C(F)(F)F)c2)C1. The van der Waals surface area contributed by atoms with Crippen LogP contribution in [0.15, 0.2) is 12.4 Å². The molecule has 0 saturated heterocycles. The molecule has 20 heavy (non-hydrogen) atoms. The Labute approximate surface area is 115 Å². The lowest BCUT2D eigenvalue weighted by atomic mass is 9.84. The lowest BCUT2D eigenvalue weighted by Crippen LogP contribution is -2.18. The van der Waals surface area contributed by atoms with Gasteiger partial charge in [-0.2, -0.15) is 13.2 Å². The van der Waals surface area contributed by atoms with E-state index in [9.17, 15) is 18.0 Å². The van der Waals surface area contributed by atoms with Gasteiger partial charge in [-0.1, -0.05) is 26.2 Å². The number of aromatic carboxylic acids is 1. The van der Waals surface area contributed by atoms with Gasteiger partial charge in [0, 0.05) is 18.4 Å². The molecule has 6 heteroatoms. The van der Waals surface area contributed by atoms with Crippen molar-refractivity contribution in [3.05, 3.63) is 23.5 Å². The first kappa shape index (κ1) is 14.9. The molecule has 0 spiro atoms. The maximum Gasteiger partial charge on any atom is 0.418 e. The normalized spacial score (nSPS) is 23.8. The number of hydrogen-bond acceptors (Lipinski definition) is 1. The molecule has 1 aliphatic carbocycles. The Balaban J connectivity index is 2.31. The van der Waals surface area contributed by atoms with Crippen LogP contribution in [0.3, 0.4) is 0 Å². The molecule has 3 nitrogen and oxygen atoms in total. The molecule has 0 aromatic carbocycles. The highest BCUT2D eigenvalue weighted by Gasteiger charge is 2.38. The second-order valence-electron chi connectivity index (χ2n) is 5.43. The molecule has 0 bridgehead atoms. The molecular formula is C14H18F3NO2. The molecule has 0 radical (unpaired) electrons. The van der Waals surface area contributed by atoms with Gasteiger partial charge in [0.2, 0.25) is 0 Å². The van der Waals surface area contributed by atoms with Crippen LogP contribution in [0.1, 0.15) is 61.0 Å². The average Bonchev–Trinajstić information content (AvgIpc) is 2.84. The van der Waals surface area contributed by atoms with E-state index < -0.39 is 23.3 Å². The van der Waals surface area contributed by atoms with Crippen LogP contribution in [0, 0.1) is 5.92 Å². The number of aromatic nitrogens is 1. The fourth-order valence-corrected chi connectivity index (χ4v) is 2.99. The topological polar surface area (TPSA) is 42.2 Å². The minimum atomic E-state index is -4.63. The maximum atomic E-state index is 12.9. The second-order valence-corrected chi connectivity index (χ2v) is 5.43. The Morgan fingerprint density at radius 2 is 2.10 bits per heavy atom. The first-order valence-electron chi connectivity index (χ1n) is 6.84. The number of carboxylic acids is 1. The van der Waals surface area contributed by atoms with Crippen LogP contribution in [-0.2, 0) is 6.18 Å². The van der Waals surface area contributed by atoms with Gasteiger partial charge in [0.1, 0.15) is 0 Å². The molecule has 0 aliphatic heterocycles. The summed E-state index contributed by atoms with van der Waals surface area (Å²) < 4.78 is 40.0. The second kappa shape index (κ2) is 5.50. The van der Waals surface area contributed by atoms with E-state index in [1.54, 1.807) is 0 Å². The summed E-state index contributed by atoms with van der Waals surface area (Å²) in [5.41, 5.74) is -1.71. The van der Waals surface area contributed by atoms with Gasteiger partial charge in [-0.3, -0.25) is 0 Å². The average molecular weight is 289 g/mol. The maximum absolute atomic E-state index is 12.9. The summed E-state index contributed by atoms with van der Waals surface area (Å²) >= 11 is 0. The van der Waals surface area contributed by atoms with Crippen LogP contribution in [0.25, 0.3) is 0 Å². The zero-order chi connectivity index (χ0) is 14.9. The molecule has 1 fully saturated rings. The van der Waals surface area contributed by atoms with Crippen LogP contribution in [0.4, 0.5) is 13.2 Å². The van der Waals surface area contributed by atoms with Crippen LogP contribution >= 0.6 is 0 Å². The first-order chi connectivity index (χ1) is 9.32. The van der Waals surface area contributed by atoms with Crippen LogP contribution in [-0.4, -0.2) is 15.6 Å². The first-order valence-corrected chi connectivity index (χ1v) is 6.84. The smallest absolute Gasteiger partial charge is 0.418 e. The van der Waals surface area contributed by atoms with E-state index in [1.165, 1.54) is 4.57 Å². The molecule has 112 valence electrons. The minimum absolute atomic E-state index is 0.0251. The van der Waals surface area contributed by atoms with E-state index in [0.29, 0.717) is 5.92 Å². The van der Waals surface area contributed by atoms with Crippen molar-refractivity contribution in [3.63, 3.8) is 0 Å². The van der Waals surface area contributed by atoms with E-state index in [-0.39, 0.29) is 6.04 Å². The van der Waals surface area contributed by atoms with Gasteiger partial charge >= 0.3 is 12.1 Å². The molecule has 1 aromatic rings. The van der Waals surface area contributed by atoms with Crippen LogP contribution in [0.5, 0.6) is 0 Å². The third-order valence-corrected chi connectivity index (χ3v) is 4.14. The van der Waals surface area contributed by atoms with E-state index in [0.717, 1.165) is 44.5 Å². The Morgan fingerprint density at radius 1 is 1.40 bits per heavy atom. The fraction of sp³-hybridized carbons (Fsp3) is 0.643. The monoisotopic (exact) mass is 289 g/mol. The van der Waals surface area contributed by atoms with Crippen molar-refractivity contribution in [2.45, 2.75) is 51.2 Å². The van der Waals surface area contributed by atoms with E-state index in [2.05, 4.69) is 6.92 Å². The highest BCUT2D eigenvalue weighted by atomic mass is 19.4. The third kappa shape index (κ3) is 2.99. The number of rotatable bonds is 3. The van der Waals surface area contributed by atoms with Gasteiger partial charge in [0.05, 0.1) is 11.1 Å². The van der Waals surface area contributed by atoms with Crippen LogP contribution < -0.4 is 0 Å². The summed E-state index contributed by atoms with van der Waals surface area (Å²) in [6, 6.07) is -0.0251. The molecule has 1 saturated carbocycles. The Morgan fingerprint density at radius 3 is 2.60 bits per heavy atom. The number of hydrogen-bond donors (Lipinski definition) is 1. The van der Waals surface area contributed by atoms with E-state index in [4.69, 9.17) is 5.11 Å². The molecule has 1 heterocycles. The lowest BCUT2D eigenvalue weighted by molar-refractivity contribution is -0.138. The van der Waals surface area contributed by atoms with Crippen LogP contribution in [0.2, 0.25) is 0 Å². The zero-order valence-corrected chi connectivity index (χ0v) is 11.3. The van der Waals surface area contributed by atoms with Gasteiger partial charge in [-0.05, 0) is 18.8 Å². The van der Waals surface area contributed by atoms with Crippen molar-refractivity contribution in [2.75, 3.05) is 0 Å². The number of nitrogens with zero attached hydrogens (tertiary/aromatic N) is 1. The third-order valence-electron chi connectivity index (χ3n) is 4.14. The zero-order valence-electron chi connectivity index (χ0n) is 11.3. The summed E-state index contributed by atoms with van der Waals surface area (Å²) in [6.45, 7) is 2.08. The van der Waals surface area contributed by atoms with Gasteiger partial charge in [-0.15, -0.1) is 0 Å². The molecule has 2 atom stereocenters. The van der Waals surface area contributed by atoms with Crippen molar-refractivity contribution in [1.82, 2.24) is 4.57 Å². The van der Waals surface area contributed by atoms with Gasteiger partial charge < -0.3 is 9.67 Å². The summed E-state index contributed by atoms with van der Waals surface area (Å²) in [6.07, 6.45) is 2.17. The molecule has 2 unspecified atom stereocenters. The quantitative estimate of drug-likeness (QED) is 0.899. The fourth-order valence-electron chi connectivity index (χ4n) is 2.99. The molecule has 1 N–H and O–H groups in total. The van der Waals surface area contributed by atoms with Gasteiger partial charge in [0.25, 0.3) is 0 Å². The van der Waals surface area contributed by atoms with Crippen molar-refractivity contribution in [1.29, 1.82) is 0 Å². The predicted octanol–water partition coefficient (Wildman–Crippen LogP) is 4.35. The molecule has 1 aromatic heterocycles. The summed E-state index contributed by atoms with van der Waals surface area (Å²) in [7, 11) is 0. The molecular weight excluding hydrogens is 271 g/mol. The Bertz CT molecular complexity index is 493. The largest absolute Gasteiger partial charge is 0.478 e. The summed E-state index contributed by atoms with van der Waals surface area (Å²) in [4.78, 5) is 11.0. The van der Waals surface area contributed by atoms with Crippen molar-refractivity contribution >= 4 is 5.97 Å². The number of alkyl halides is 3. The van der Waals surface area contributed by atoms with Crippen molar-refractivity contribution in [2.24, 2.45) is 5.92 Å². The standard InChI is InChI=1S/C14H18F3NO2/c1-2-9-4-3-5-10(6-9)18-7-11(13(19)20)12(8-18)14(15,16)17/h7-10H,2-6H2,1H3,(H,19,20). The van der Waals surface area contributed by atoms with E-state index in [1.807, 2.05) is 0 Å². The van der Waals surface area contributed by atoms with E-state index >= 15 is 0 Å². The van der Waals surface area contributed by atoms with Gasteiger partial charge in [-0.25, -0.2) is 4.79 Å². The van der Waals surface area contributed by atoms with Crippen molar-refractivity contribution in [3.8, 4) is 0 Å². The number of carbonyl (C=O) groups is 1. The Kier molecular flexibility index (Phi) is 4.11. The highest BCUT2D eigenvalue weighted by molar-refractivity contribution is 5.89. The predicted molar refractivity (Wildman–Crippen MR) is 67.7 cm³/mol. The number of carboxylic acid groups (broad SMARTS) is 1.